The Morgan fingerprint density at radius 1 is 1.20 bits per heavy atom. The van der Waals surface area contributed by atoms with Gasteiger partial charge in [-0.05, 0) is 50.0 Å². The summed E-state index contributed by atoms with van der Waals surface area (Å²) in [5.41, 5.74) is 4.56. The van der Waals surface area contributed by atoms with Crippen molar-refractivity contribution in [3.05, 3.63) is 29.3 Å². The molecule has 1 nitrogen and oxygen atoms in total. The molecule has 0 radical (unpaired) electrons. The molecule has 1 aromatic rings. The van der Waals surface area contributed by atoms with Crippen molar-refractivity contribution in [2.45, 2.75) is 33.1 Å². The molecule has 0 atom stereocenters. The maximum atomic E-state index is 2.45. The lowest BCUT2D eigenvalue weighted by Gasteiger charge is -2.36. The van der Waals surface area contributed by atoms with Gasteiger partial charge in [0.2, 0.25) is 0 Å². The van der Waals surface area contributed by atoms with Crippen molar-refractivity contribution in [1.29, 1.82) is 0 Å². The van der Waals surface area contributed by atoms with Crippen molar-refractivity contribution in [2.75, 3.05) is 10.2 Å². The molecule has 82 valence electrons. The van der Waals surface area contributed by atoms with Gasteiger partial charge in [-0.25, -0.2) is 0 Å². The van der Waals surface area contributed by atoms with E-state index >= 15 is 0 Å². The summed E-state index contributed by atoms with van der Waals surface area (Å²) in [5.74, 6) is 0. The van der Waals surface area contributed by atoms with E-state index in [0.717, 1.165) is 0 Å². The van der Waals surface area contributed by atoms with Crippen LogP contribution in [0.15, 0.2) is 18.2 Å². The summed E-state index contributed by atoms with van der Waals surface area (Å²) < 4.78 is 4.11. The number of nitrogens with zero attached hydrogens (tertiary/aromatic N) is 1. The van der Waals surface area contributed by atoms with E-state index in [0.29, 0.717) is 0 Å². The molecule has 0 unspecified atom stereocenters. The van der Waals surface area contributed by atoms with Gasteiger partial charge in [-0.3, -0.25) is 0 Å². The van der Waals surface area contributed by atoms with Crippen molar-refractivity contribution in [2.24, 2.45) is 0 Å². The second-order valence-corrected chi connectivity index (χ2v) is 8.29. The van der Waals surface area contributed by atoms with E-state index < -0.39 is 0 Å². The van der Waals surface area contributed by atoms with Crippen molar-refractivity contribution in [3.63, 3.8) is 0 Å². The first-order valence-electron chi connectivity index (χ1n) is 5.27. The summed E-state index contributed by atoms with van der Waals surface area (Å²) in [6.45, 7) is 9.20. The third-order valence-electron chi connectivity index (χ3n) is 3.27. The van der Waals surface area contributed by atoms with Crippen LogP contribution in [0.25, 0.3) is 0 Å². The van der Waals surface area contributed by atoms with Crippen LogP contribution in [0, 0.1) is 6.92 Å². The second kappa shape index (κ2) is 3.58. The smallest absolute Gasteiger partial charge is 0.0490 e. The average molecular weight is 315 g/mol. The minimum atomic E-state index is 0.0505. The van der Waals surface area contributed by atoms with Gasteiger partial charge in [0.15, 0.2) is 0 Å². The summed E-state index contributed by atoms with van der Waals surface area (Å²) in [7, 11) is 2.22. The van der Waals surface area contributed by atoms with Gasteiger partial charge in [0.1, 0.15) is 0 Å². The van der Waals surface area contributed by atoms with Gasteiger partial charge in [0.25, 0.3) is 0 Å². The highest BCUT2D eigenvalue weighted by Crippen LogP contribution is 2.42. The van der Waals surface area contributed by atoms with Crippen LogP contribution in [0.3, 0.4) is 0 Å². The second-order valence-electron chi connectivity index (χ2n) is 4.74. The van der Waals surface area contributed by atoms with Crippen LogP contribution in [0.2, 0.25) is 0 Å². The quantitative estimate of drug-likeness (QED) is 0.520. The van der Waals surface area contributed by atoms with E-state index in [9.17, 15) is 0 Å². The Bertz CT molecular complexity index is 432. The molecule has 1 heterocycles. The van der Waals surface area contributed by atoms with Gasteiger partial charge in [0.05, 0.1) is 0 Å². The molecule has 15 heavy (non-hydrogen) atoms. The molecule has 0 saturated carbocycles. The molecule has 1 aliphatic heterocycles. The van der Waals surface area contributed by atoms with Gasteiger partial charge >= 0.3 is 0 Å². The van der Waals surface area contributed by atoms with Crippen LogP contribution in [-0.2, 0) is 5.41 Å². The molecule has 0 aliphatic carbocycles. The van der Waals surface area contributed by atoms with Crippen molar-refractivity contribution < 1.29 is 0 Å². The minimum Gasteiger partial charge on any atom is -0.323 e. The van der Waals surface area contributed by atoms with Gasteiger partial charge in [-0.2, -0.15) is 0 Å². The number of fused-ring (bicyclic) bond motifs is 1. The standard InChI is InChI=1S/C13H18IN/c1-9-6-7-12-11(8-9)13(3,4)10(2)14-15(12)5/h6-8H,1-5H3. The van der Waals surface area contributed by atoms with Crippen LogP contribution in [-0.4, -0.2) is 10.6 Å². The molecule has 0 amide bonds. The van der Waals surface area contributed by atoms with Crippen LogP contribution in [0.1, 0.15) is 31.9 Å². The Morgan fingerprint density at radius 2 is 1.87 bits per heavy atom. The maximum absolute atomic E-state index is 2.45. The molecule has 0 spiro atoms. The normalized spacial score (nSPS) is 19.0. The number of anilines is 1. The van der Waals surface area contributed by atoms with Crippen LogP contribution in [0.5, 0.6) is 0 Å². The van der Waals surface area contributed by atoms with Crippen molar-refractivity contribution >= 4 is 30.2 Å². The van der Waals surface area contributed by atoms with Gasteiger partial charge in [0, 0.05) is 18.2 Å². The molecule has 2 rings (SSSR count). The summed E-state index contributed by atoms with van der Waals surface area (Å²) in [6.07, 6.45) is 0. The zero-order chi connectivity index (χ0) is 11.2. The molecule has 1 aliphatic rings. The van der Waals surface area contributed by atoms with E-state index in [1.165, 1.54) is 16.8 Å². The average Bonchev–Trinajstić information content (AvgIpc) is 2.15. The first-order valence-corrected chi connectivity index (χ1v) is 7.31. The molecule has 0 fully saturated rings. The number of benzene rings is 1. The fourth-order valence-corrected chi connectivity index (χ4v) is 4.61. The Morgan fingerprint density at radius 3 is 2.53 bits per heavy atom. The number of aryl methyl sites for hydroxylation is 1. The molecule has 0 N–H and O–H groups in total. The zero-order valence-electron chi connectivity index (χ0n) is 10.1. The molecule has 0 bridgehead atoms. The van der Waals surface area contributed by atoms with Crippen LogP contribution in [0.4, 0.5) is 5.69 Å². The lowest BCUT2D eigenvalue weighted by molar-refractivity contribution is 0.725. The van der Waals surface area contributed by atoms with Crippen molar-refractivity contribution in [3.8, 4) is 0 Å². The lowest BCUT2D eigenvalue weighted by Crippen LogP contribution is -2.31. The third kappa shape index (κ3) is 1.73. The highest BCUT2D eigenvalue weighted by molar-refractivity contribution is 14.2. The zero-order valence-corrected chi connectivity index (χ0v) is 12.2. The number of hydrogen-bond acceptors (Lipinski definition) is 1. The van der Waals surface area contributed by atoms with Gasteiger partial charge < -0.3 is 3.11 Å². The SMILES string of the molecule is CC1=IN(C)c2ccc(C)cc2C1(C)C. The lowest BCUT2D eigenvalue weighted by atomic mass is 9.80. The Balaban J connectivity index is 2.67. The predicted molar refractivity (Wildman–Crippen MR) is 77.3 cm³/mol. The molecular weight excluding hydrogens is 297 g/mol. The van der Waals surface area contributed by atoms with E-state index in [1.54, 1.807) is 3.51 Å². The van der Waals surface area contributed by atoms with Crippen LogP contribution < -0.4 is 3.11 Å². The summed E-state index contributed by atoms with van der Waals surface area (Å²) in [6, 6.07) is 6.84. The Kier molecular flexibility index (Phi) is 2.65. The third-order valence-corrected chi connectivity index (χ3v) is 6.59. The largest absolute Gasteiger partial charge is 0.323 e. The molecule has 2 heteroatoms. The fourth-order valence-electron chi connectivity index (χ4n) is 1.95. The monoisotopic (exact) mass is 315 g/mol. The van der Waals surface area contributed by atoms with E-state index in [-0.39, 0.29) is 26.4 Å². The fraction of sp³-hybridized carbons (Fsp3) is 0.462. The molecule has 1 aromatic carbocycles. The highest BCUT2D eigenvalue weighted by atomic mass is 127. The number of hydrogen-bond donors (Lipinski definition) is 0. The van der Waals surface area contributed by atoms with Crippen molar-refractivity contribution in [1.82, 2.24) is 0 Å². The first-order chi connectivity index (χ1) is 6.93. The van der Waals surface area contributed by atoms with Crippen LogP contribution >= 0.6 is 21.0 Å². The summed E-state index contributed by atoms with van der Waals surface area (Å²) in [5, 5.41) is 0. The Hall–Kier alpha value is -0.380. The highest BCUT2D eigenvalue weighted by Gasteiger charge is 2.31. The van der Waals surface area contributed by atoms with E-state index in [2.05, 4.69) is 56.1 Å². The van der Waals surface area contributed by atoms with Gasteiger partial charge in [-0.15, -0.1) is 0 Å². The first kappa shape index (κ1) is 11.1. The maximum Gasteiger partial charge on any atom is 0.0490 e. The van der Waals surface area contributed by atoms with Gasteiger partial charge in [-0.1, -0.05) is 31.5 Å². The van der Waals surface area contributed by atoms with E-state index in [4.69, 9.17) is 0 Å². The summed E-state index contributed by atoms with van der Waals surface area (Å²) >= 11 is 0.0505. The predicted octanol–water partition coefficient (Wildman–Crippen LogP) is 3.80. The number of halogens is 1. The summed E-state index contributed by atoms with van der Waals surface area (Å²) in [4.78, 5) is 0. The molecule has 0 saturated heterocycles. The topological polar surface area (TPSA) is 3.24 Å². The minimum absolute atomic E-state index is 0.0505. The Labute approximate surface area is 103 Å². The van der Waals surface area contributed by atoms with E-state index in [1.807, 2.05) is 0 Å². The molecule has 0 aromatic heterocycles. The molecular formula is C13H18IN. The number of rotatable bonds is 0.